The minimum absolute atomic E-state index is 0.0663. The maximum absolute atomic E-state index is 11.1. The van der Waals surface area contributed by atoms with Crippen molar-refractivity contribution in [2.75, 3.05) is 26.9 Å². The SMILES string of the molecule is COCCOc1ccc(C2=NC(C)(C(=O)O)CO2)c(O)c1. The average Bonchev–Trinajstić information content (AvgIpc) is 2.83. The van der Waals surface area contributed by atoms with E-state index < -0.39 is 11.5 Å². The summed E-state index contributed by atoms with van der Waals surface area (Å²) in [4.78, 5) is 15.1. The predicted molar refractivity (Wildman–Crippen MR) is 74.0 cm³/mol. The number of ether oxygens (including phenoxy) is 3. The highest BCUT2D eigenvalue weighted by Gasteiger charge is 2.40. The van der Waals surface area contributed by atoms with Crippen LogP contribution < -0.4 is 4.74 Å². The number of rotatable bonds is 6. The van der Waals surface area contributed by atoms with Crippen molar-refractivity contribution < 1.29 is 29.2 Å². The number of aliphatic imine (C=N–C) groups is 1. The Morgan fingerprint density at radius 2 is 2.24 bits per heavy atom. The van der Waals surface area contributed by atoms with Crippen LogP contribution in [0.4, 0.5) is 0 Å². The van der Waals surface area contributed by atoms with E-state index in [1.54, 1.807) is 19.2 Å². The van der Waals surface area contributed by atoms with E-state index in [1.165, 1.54) is 13.0 Å². The molecule has 2 rings (SSSR count). The second-order valence-corrected chi connectivity index (χ2v) is 4.80. The monoisotopic (exact) mass is 295 g/mol. The molecule has 21 heavy (non-hydrogen) atoms. The van der Waals surface area contributed by atoms with Crippen LogP contribution in [0.25, 0.3) is 0 Å². The molecule has 7 heteroatoms. The number of carbonyl (C=O) groups is 1. The largest absolute Gasteiger partial charge is 0.507 e. The van der Waals surface area contributed by atoms with Crippen LogP contribution in [0.15, 0.2) is 23.2 Å². The van der Waals surface area contributed by atoms with Crippen LogP contribution in [0.5, 0.6) is 11.5 Å². The zero-order valence-electron chi connectivity index (χ0n) is 11.8. The summed E-state index contributed by atoms with van der Waals surface area (Å²) in [5.74, 6) is -0.566. The van der Waals surface area contributed by atoms with Gasteiger partial charge in [0, 0.05) is 13.2 Å². The molecular weight excluding hydrogens is 278 g/mol. The number of hydrogen-bond acceptors (Lipinski definition) is 6. The lowest BCUT2D eigenvalue weighted by Crippen LogP contribution is -2.34. The van der Waals surface area contributed by atoms with Crippen LogP contribution in [-0.4, -0.2) is 54.5 Å². The van der Waals surface area contributed by atoms with E-state index in [0.717, 1.165) is 0 Å². The molecule has 0 spiro atoms. The van der Waals surface area contributed by atoms with Crippen molar-refractivity contribution in [2.24, 2.45) is 4.99 Å². The number of phenols is 1. The maximum atomic E-state index is 11.1. The summed E-state index contributed by atoms with van der Waals surface area (Å²) in [6.45, 7) is 2.20. The molecule has 0 radical (unpaired) electrons. The van der Waals surface area contributed by atoms with Crippen LogP contribution in [0.2, 0.25) is 0 Å². The molecule has 2 N–H and O–H groups in total. The van der Waals surface area contributed by atoms with Crippen LogP contribution in [0, 0.1) is 0 Å². The Morgan fingerprint density at radius 3 is 2.81 bits per heavy atom. The summed E-state index contributed by atoms with van der Waals surface area (Å²) in [6.07, 6.45) is 0. The highest BCUT2D eigenvalue weighted by Crippen LogP contribution is 2.29. The second-order valence-electron chi connectivity index (χ2n) is 4.80. The molecular formula is C14H17NO6. The zero-order valence-corrected chi connectivity index (χ0v) is 11.8. The van der Waals surface area contributed by atoms with Crippen molar-refractivity contribution >= 4 is 11.9 Å². The standard InChI is InChI=1S/C14H17NO6/c1-14(13(17)18)8-21-12(15-14)10-4-3-9(7-11(10)16)20-6-5-19-2/h3-4,7,16H,5-6,8H2,1-2H3,(H,17,18). The van der Waals surface area contributed by atoms with Gasteiger partial charge >= 0.3 is 5.97 Å². The highest BCUT2D eigenvalue weighted by molar-refractivity contribution is 6.00. The topological polar surface area (TPSA) is 97.6 Å². The number of aromatic hydroxyl groups is 1. The van der Waals surface area contributed by atoms with Gasteiger partial charge in [-0.2, -0.15) is 0 Å². The fraction of sp³-hybridized carbons (Fsp3) is 0.429. The van der Waals surface area contributed by atoms with Gasteiger partial charge in [-0.3, -0.25) is 0 Å². The smallest absolute Gasteiger partial charge is 0.335 e. The van der Waals surface area contributed by atoms with Gasteiger partial charge in [0.2, 0.25) is 5.90 Å². The maximum Gasteiger partial charge on any atom is 0.335 e. The predicted octanol–water partition coefficient (Wildman–Crippen LogP) is 1.04. The molecule has 1 aliphatic rings. The van der Waals surface area contributed by atoms with E-state index in [9.17, 15) is 9.90 Å². The average molecular weight is 295 g/mol. The Bertz CT molecular complexity index is 571. The summed E-state index contributed by atoms with van der Waals surface area (Å²) < 4.78 is 15.5. The number of aliphatic carboxylic acids is 1. The number of carboxylic acid groups (broad SMARTS) is 1. The lowest BCUT2D eigenvalue weighted by molar-refractivity contribution is -0.142. The third-order valence-electron chi connectivity index (χ3n) is 3.05. The van der Waals surface area contributed by atoms with E-state index in [4.69, 9.17) is 19.3 Å². The molecule has 0 bridgehead atoms. The minimum Gasteiger partial charge on any atom is -0.507 e. The molecule has 1 aromatic carbocycles. The molecule has 0 saturated carbocycles. The summed E-state index contributed by atoms with van der Waals surface area (Å²) in [7, 11) is 1.57. The molecule has 0 saturated heterocycles. The van der Waals surface area contributed by atoms with Crippen molar-refractivity contribution in [1.82, 2.24) is 0 Å². The molecule has 0 amide bonds. The second kappa shape index (κ2) is 6.01. The van der Waals surface area contributed by atoms with Gasteiger partial charge in [-0.25, -0.2) is 9.79 Å². The lowest BCUT2D eigenvalue weighted by atomic mass is 10.1. The summed E-state index contributed by atoms with van der Waals surface area (Å²) >= 11 is 0. The summed E-state index contributed by atoms with van der Waals surface area (Å²) in [6, 6.07) is 4.64. The number of nitrogens with zero attached hydrogens (tertiary/aromatic N) is 1. The fourth-order valence-electron chi connectivity index (χ4n) is 1.77. The van der Waals surface area contributed by atoms with E-state index in [2.05, 4.69) is 4.99 Å². The van der Waals surface area contributed by atoms with Gasteiger partial charge < -0.3 is 24.4 Å². The first-order valence-electron chi connectivity index (χ1n) is 6.37. The van der Waals surface area contributed by atoms with Crippen molar-refractivity contribution in [2.45, 2.75) is 12.5 Å². The molecule has 1 atom stereocenters. The molecule has 0 aliphatic carbocycles. The molecule has 1 unspecified atom stereocenters. The van der Waals surface area contributed by atoms with Crippen LogP contribution in [0.1, 0.15) is 12.5 Å². The van der Waals surface area contributed by atoms with Gasteiger partial charge in [-0.1, -0.05) is 0 Å². The Balaban J connectivity index is 2.17. The molecule has 114 valence electrons. The minimum atomic E-state index is -1.32. The first-order chi connectivity index (χ1) is 9.96. The van der Waals surface area contributed by atoms with Gasteiger partial charge in [0.05, 0.1) is 12.2 Å². The Labute approximate surface area is 121 Å². The number of benzene rings is 1. The van der Waals surface area contributed by atoms with Crippen LogP contribution >= 0.6 is 0 Å². The molecule has 0 fully saturated rings. The van der Waals surface area contributed by atoms with Gasteiger partial charge in [0.25, 0.3) is 0 Å². The summed E-state index contributed by atoms with van der Waals surface area (Å²) in [5, 5.41) is 19.1. The Hall–Kier alpha value is -2.28. The Kier molecular flexibility index (Phi) is 4.32. The van der Waals surface area contributed by atoms with Gasteiger partial charge in [-0.15, -0.1) is 0 Å². The fourth-order valence-corrected chi connectivity index (χ4v) is 1.77. The molecule has 1 aliphatic heterocycles. The van der Waals surface area contributed by atoms with Crippen molar-refractivity contribution in [3.8, 4) is 11.5 Å². The van der Waals surface area contributed by atoms with Gasteiger partial charge in [0.15, 0.2) is 5.54 Å². The third-order valence-corrected chi connectivity index (χ3v) is 3.05. The van der Waals surface area contributed by atoms with Gasteiger partial charge in [0.1, 0.15) is 24.7 Å². The molecule has 0 aromatic heterocycles. The first kappa shape index (κ1) is 15.1. The van der Waals surface area contributed by atoms with Crippen molar-refractivity contribution in [3.05, 3.63) is 23.8 Å². The third kappa shape index (κ3) is 3.25. The van der Waals surface area contributed by atoms with Gasteiger partial charge in [-0.05, 0) is 19.1 Å². The van der Waals surface area contributed by atoms with Crippen LogP contribution in [0.3, 0.4) is 0 Å². The Morgan fingerprint density at radius 1 is 1.48 bits per heavy atom. The molecule has 1 heterocycles. The van der Waals surface area contributed by atoms with E-state index in [1.807, 2.05) is 0 Å². The van der Waals surface area contributed by atoms with Crippen molar-refractivity contribution in [1.29, 1.82) is 0 Å². The highest BCUT2D eigenvalue weighted by atomic mass is 16.5. The van der Waals surface area contributed by atoms with Crippen LogP contribution in [-0.2, 0) is 14.3 Å². The number of carboxylic acids is 1. The van der Waals surface area contributed by atoms with Crippen molar-refractivity contribution in [3.63, 3.8) is 0 Å². The summed E-state index contributed by atoms with van der Waals surface area (Å²) in [5.41, 5.74) is -0.992. The first-order valence-corrected chi connectivity index (χ1v) is 6.37. The lowest BCUT2D eigenvalue weighted by Gasteiger charge is -2.10. The van der Waals surface area contributed by atoms with E-state index >= 15 is 0 Å². The normalized spacial score (nSPS) is 20.8. The van der Waals surface area contributed by atoms with E-state index in [-0.39, 0.29) is 18.3 Å². The molecule has 7 nitrogen and oxygen atoms in total. The number of methoxy groups -OCH3 is 1. The quantitative estimate of drug-likeness (QED) is 0.761. The molecule has 1 aromatic rings. The number of phenolic OH excluding ortho intramolecular Hbond substituents is 1. The van der Waals surface area contributed by atoms with E-state index in [0.29, 0.717) is 24.5 Å². The zero-order chi connectivity index (χ0) is 15.5. The number of hydrogen-bond donors (Lipinski definition) is 2.